The van der Waals surface area contributed by atoms with Gasteiger partial charge in [0, 0.05) is 26.4 Å². The molecule has 6 heteroatoms. The van der Waals surface area contributed by atoms with Crippen LogP contribution in [0.15, 0.2) is 0 Å². The van der Waals surface area contributed by atoms with Crippen LogP contribution in [0.25, 0.3) is 0 Å². The summed E-state index contributed by atoms with van der Waals surface area (Å²) in [7, 11) is 0. The fourth-order valence-corrected chi connectivity index (χ4v) is 0.250. The minimum absolute atomic E-state index is 0.250. The van der Waals surface area contributed by atoms with Crippen LogP contribution in [0.4, 0.5) is 0 Å². The van der Waals surface area contributed by atoms with Crippen molar-refractivity contribution in [3.63, 3.8) is 0 Å². The second-order valence-corrected chi connectivity index (χ2v) is 2.59. The lowest BCUT2D eigenvalue weighted by atomic mass is 10.3. The number of Topliss-reactive ketones (excluding diaryl/α,β-unsaturated/α-hetero) is 1. The molecule has 0 aromatic rings. The Morgan fingerprint density at radius 1 is 1.12 bits per heavy atom. The Labute approximate surface area is 102 Å². The van der Waals surface area contributed by atoms with E-state index in [1.165, 1.54) is 0 Å². The first-order valence-corrected chi connectivity index (χ1v) is 5.27. The number of hydrogen-bond donors (Lipinski definition) is 3. The fraction of sp³-hybridized carbons (Fsp3) is 0.727. The summed E-state index contributed by atoms with van der Waals surface area (Å²) in [6.07, 6.45) is 2.26. The minimum Gasteiger partial charge on any atom is -0.483 e. The number of carboxylic acid groups (broad SMARTS) is 2. The Morgan fingerprint density at radius 3 is 1.29 bits per heavy atom. The number of ketones is 1. The van der Waals surface area contributed by atoms with E-state index in [1.807, 2.05) is 20.8 Å². The van der Waals surface area contributed by atoms with Gasteiger partial charge < -0.3 is 15.3 Å². The summed E-state index contributed by atoms with van der Waals surface area (Å²) in [4.78, 5) is 27.5. The summed E-state index contributed by atoms with van der Waals surface area (Å²) < 4.78 is 0. The summed E-state index contributed by atoms with van der Waals surface area (Å²) in [5.74, 6) is -0.491. The third-order valence-corrected chi connectivity index (χ3v) is 1.01. The molecule has 6 nitrogen and oxygen atoms in total. The summed E-state index contributed by atoms with van der Waals surface area (Å²) in [5, 5.41) is 22.2. The number of carbonyl (C=O) groups is 3. The molecule has 0 aliphatic heterocycles. The van der Waals surface area contributed by atoms with Crippen LogP contribution >= 0.6 is 0 Å². The third kappa shape index (κ3) is 181. The molecule has 0 aromatic heterocycles. The van der Waals surface area contributed by atoms with Gasteiger partial charge >= 0.3 is 0 Å². The highest BCUT2D eigenvalue weighted by atomic mass is 16.4. The van der Waals surface area contributed by atoms with Crippen molar-refractivity contribution in [2.75, 3.05) is 6.61 Å². The Morgan fingerprint density at radius 2 is 1.29 bits per heavy atom. The molecule has 17 heavy (non-hydrogen) atoms. The van der Waals surface area contributed by atoms with Gasteiger partial charge in [-0.1, -0.05) is 20.8 Å². The number of aliphatic hydroxyl groups is 1. The van der Waals surface area contributed by atoms with Crippen molar-refractivity contribution in [2.24, 2.45) is 0 Å². The summed E-state index contributed by atoms with van der Waals surface area (Å²) in [6, 6.07) is 0. The molecular formula is C11H24O6. The van der Waals surface area contributed by atoms with Gasteiger partial charge in [-0.25, -0.2) is 0 Å². The molecule has 0 radical (unpaired) electrons. The molecule has 0 unspecified atom stereocenters. The van der Waals surface area contributed by atoms with Gasteiger partial charge in [-0.15, -0.1) is 0 Å². The van der Waals surface area contributed by atoms with Crippen molar-refractivity contribution < 1.29 is 29.7 Å². The molecule has 0 spiro atoms. The van der Waals surface area contributed by atoms with Crippen LogP contribution in [0.1, 0.15) is 47.0 Å². The van der Waals surface area contributed by atoms with E-state index in [4.69, 9.17) is 24.9 Å². The largest absolute Gasteiger partial charge is 0.483 e. The van der Waals surface area contributed by atoms with E-state index in [9.17, 15) is 4.79 Å². The zero-order valence-corrected chi connectivity index (χ0v) is 11.0. The van der Waals surface area contributed by atoms with Crippen molar-refractivity contribution in [1.82, 2.24) is 0 Å². The lowest BCUT2D eigenvalue weighted by Gasteiger charge is -1.81. The van der Waals surface area contributed by atoms with Crippen LogP contribution in [-0.2, 0) is 14.4 Å². The molecule has 3 N–H and O–H groups in total. The molecule has 0 saturated heterocycles. The van der Waals surface area contributed by atoms with Crippen LogP contribution < -0.4 is 0 Å². The maximum atomic E-state index is 10.2. The van der Waals surface area contributed by atoms with Crippen LogP contribution in [0, 0.1) is 0 Å². The predicted molar refractivity (Wildman–Crippen MR) is 65.0 cm³/mol. The van der Waals surface area contributed by atoms with E-state index in [1.54, 1.807) is 0 Å². The molecule has 0 saturated carbocycles. The lowest BCUT2D eigenvalue weighted by Crippen LogP contribution is -1.88. The zero-order valence-electron chi connectivity index (χ0n) is 11.0. The van der Waals surface area contributed by atoms with E-state index >= 15 is 0 Å². The normalized spacial score (nSPS) is 6.88. The van der Waals surface area contributed by atoms with Crippen LogP contribution in [0.5, 0.6) is 0 Å². The topological polar surface area (TPSA) is 112 Å². The second-order valence-electron chi connectivity index (χ2n) is 2.59. The number of aliphatic hydroxyl groups excluding tert-OH is 1. The van der Waals surface area contributed by atoms with Crippen LogP contribution in [0.3, 0.4) is 0 Å². The first-order chi connectivity index (χ1) is 7.87. The minimum atomic E-state index is -0.833. The van der Waals surface area contributed by atoms with E-state index in [0.717, 1.165) is 13.3 Å². The smallest absolute Gasteiger partial charge is 0.300 e. The standard InChI is InChI=1S/C5H10O.C3H8O.C2H4O2.CH2O2/c1-3-5(6)4-2;1-2-3-4;1-2(3)4;2-1-3/h3-4H2,1-2H3;4H,2-3H2,1H3;1H3,(H,3,4);1H,(H,2,3). The van der Waals surface area contributed by atoms with E-state index in [2.05, 4.69) is 0 Å². The van der Waals surface area contributed by atoms with Gasteiger partial charge in [0.2, 0.25) is 0 Å². The van der Waals surface area contributed by atoms with Gasteiger partial charge in [0.05, 0.1) is 0 Å². The van der Waals surface area contributed by atoms with Gasteiger partial charge in [0.25, 0.3) is 12.4 Å². The molecule has 0 atom stereocenters. The molecule has 0 bridgehead atoms. The van der Waals surface area contributed by atoms with Gasteiger partial charge in [0.15, 0.2) is 0 Å². The molecule has 0 rings (SSSR count). The second kappa shape index (κ2) is 29.3. The highest BCUT2D eigenvalue weighted by molar-refractivity contribution is 5.77. The van der Waals surface area contributed by atoms with Gasteiger partial charge in [-0.2, -0.15) is 0 Å². The fourth-order valence-electron chi connectivity index (χ4n) is 0.250. The molecular weight excluding hydrogens is 228 g/mol. The Bertz CT molecular complexity index is 155. The van der Waals surface area contributed by atoms with E-state index < -0.39 is 5.97 Å². The first kappa shape index (κ1) is 24.7. The number of aliphatic carboxylic acids is 1. The quantitative estimate of drug-likeness (QED) is 0.657. The van der Waals surface area contributed by atoms with Crippen molar-refractivity contribution >= 4 is 18.2 Å². The molecule has 0 heterocycles. The average Bonchev–Trinajstić information content (AvgIpc) is 2.28. The maximum absolute atomic E-state index is 10.2. The summed E-state index contributed by atoms with van der Waals surface area (Å²) >= 11 is 0. The highest BCUT2D eigenvalue weighted by Crippen LogP contribution is 1.83. The third-order valence-electron chi connectivity index (χ3n) is 1.01. The Hall–Kier alpha value is -1.43. The monoisotopic (exact) mass is 252 g/mol. The van der Waals surface area contributed by atoms with E-state index in [0.29, 0.717) is 25.2 Å². The Balaban J connectivity index is -0.0000000688. The zero-order chi connectivity index (χ0) is 14.7. The van der Waals surface area contributed by atoms with Crippen molar-refractivity contribution in [3.8, 4) is 0 Å². The number of hydrogen-bond acceptors (Lipinski definition) is 4. The Kier molecular flexibility index (Phi) is 42.5. The van der Waals surface area contributed by atoms with E-state index in [-0.39, 0.29) is 6.47 Å². The SMILES string of the molecule is CC(=O)O.CCC(=O)CC.CCCO.O=CO. The summed E-state index contributed by atoms with van der Waals surface area (Å²) in [5.41, 5.74) is 0. The molecule has 0 aliphatic rings. The summed E-state index contributed by atoms with van der Waals surface area (Å²) in [6.45, 7) is 6.84. The van der Waals surface area contributed by atoms with Gasteiger partial charge in [-0.3, -0.25) is 14.4 Å². The van der Waals surface area contributed by atoms with Gasteiger partial charge in [-0.05, 0) is 6.42 Å². The average molecular weight is 252 g/mol. The van der Waals surface area contributed by atoms with Crippen molar-refractivity contribution in [3.05, 3.63) is 0 Å². The highest BCUT2D eigenvalue weighted by Gasteiger charge is 1.86. The van der Waals surface area contributed by atoms with Gasteiger partial charge in [0.1, 0.15) is 5.78 Å². The predicted octanol–water partition coefficient (Wildman–Crippen LogP) is 1.56. The molecule has 0 aromatic carbocycles. The molecule has 0 fully saturated rings. The lowest BCUT2D eigenvalue weighted by molar-refractivity contribution is -0.134. The number of carbonyl (C=O) groups excluding carboxylic acids is 1. The van der Waals surface area contributed by atoms with Crippen LogP contribution in [-0.4, -0.2) is 40.2 Å². The molecule has 0 aliphatic carbocycles. The first-order valence-electron chi connectivity index (χ1n) is 5.27. The maximum Gasteiger partial charge on any atom is 0.300 e. The van der Waals surface area contributed by atoms with Crippen molar-refractivity contribution in [1.29, 1.82) is 0 Å². The van der Waals surface area contributed by atoms with Crippen molar-refractivity contribution in [2.45, 2.75) is 47.0 Å². The number of carboxylic acids is 1. The number of rotatable bonds is 3. The van der Waals surface area contributed by atoms with Crippen LogP contribution in [0.2, 0.25) is 0 Å². The molecule has 0 amide bonds. The molecule has 104 valence electrons.